The quantitative estimate of drug-likeness (QED) is 0.335. The van der Waals surface area contributed by atoms with Crippen LogP contribution >= 0.6 is 11.6 Å². The molecule has 2 aromatic carbocycles. The molecule has 0 bridgehead atoms. The Kier molecular flexibility index (Phi) is 4.80. The van der Waals surface area contributed by atoms with Gasteiger partial charge in [-0.15, -0.1) is 0 Å². The van der Waals surface area contributed by atoms with Gasteiger partial charge in [0.2, 0.25) is 0 Å². The molecule has 2 aromatic heterocycles. The van der Waals surface area contributed by atoms with Crippen LogP contribution in [0.25, 0.3) is 27.2 Å². The highest BCUT2D eigenvalue weighted by Crippen LogP contribution is 2.41. The number of hydrogen-bond acceptors (Lipinski definition) is 4. The normalized spacial score (nSPS) is 14.7. The minimum atomic E-state index is -0.309. The van der Waals surface area contributed by atoms with Gasteiger partial charge >= 0.3 is 5.97 Å². The number of carbonyl (C=O) groups excluding carboxylic acids is 1. The zero-order chi connectivity index (χ0) is 20.8. The number of hydrogen-bond donors (Lipinski definition) is 0. The summed E-state index contributed by atoms with van der Waals surface area (Å²) >= 11 is 6.79. The van der Waals surface area contributed by atoms with E-state index >= 15 is 0 Å². The molecule has 1 saturated heterocycles. The number of aromatic nitrogens is 1. The molecule has 0 unspecified atom stereocenters. The molecule has 3 heterocycles. The average molecular weight is 423 g/mol. The highest BCUT2D eigenvalue weighted by molar-refractivity contribution is 6.37. The third-order valence-electron chi connectivity index (χ3n) is 5.90. The summed E-state index contributed by atoms with van der Waals surface area (Å²) in [6.07, 6.45) is 0. The molecule has 0 radical (unpaired) electrons. The molecule has 0 spiro atoms. The zero-order valence-corrected chi connectivity index (χ0v) is 17.8. The maximum absolute atomic E-state index is 12.6. The van der Waals surface area contributed by atoms with Gasteiger partial charge in [-0.2, -0.15) is 0 Å². The molecule has 1 fully saturated rings. The number of halogens is 1. The van der Waals surface area contributed by atoms with E-state index in [9.17, 15) is 4.79 Å². The van der Waals surface area contributed by atoms with E-state index in [2.05, 4.69) is 27.5 Å². The van der Waals surface area contributed by atoms with Gasteiger partial charge in [-0.05, 0) is 37.4 Å². The fourth-order valence-corrected chi connectivity index (χ4v) is 4.78. The first-order chi connectivity index (χ1) is 14.6. The first-order valence-electron chi connectivity index (χ1n) is 10.3. The fourth-order valence-electron chi connectivity index (χ4n) is 4.54. The van der Waals surface area contributed by atoms with Crippen molar-refractivity contribution >= 4 is 50.4 Å². The number of fused-ring (bicyclic) bond motifs is 6. The lowest BCUT2D eigenvalue weighted by Gasteiger charge is -2.30. The van der Waals surface area contributed by atoms with Crippen LogP contribution in [0.1, 0.15) is 23.0 Å². The van der Waals surface area contributed by atoms with Crippen molar-refractivity contribution in [2.75, 3.05) is 37.8 Å². The van der Waals surface area contributed by atoms with Gasteiger partial charge in [-0.3, -0.25) is 0 Å². The van der Waals surface area contributed by atoms with E-state index in [0.717, 1.165) is 51.7 Å². The maximum atomic E-state index is 12.6. The maximum Gasteiger partial charge on any atom is 0.339 e. The Morgan fingerprint density at radius 3 is 2.60 bits per heavy atom. The molecule has 4 aromatic rings. The fraction of sp³-hybridized carbons (Fsp3) is 0.292. The van der Waals surface area contributed by atoms with E-state index in [0.29, 0.717) is 30.4 Å². The largest absolute Gasteiger partial charge is 0.462 e. The molecular weight excluding hydrogens is 400 g/mol. The van der Waals surface area contributed by atoms with E-state index in [4.69, 9.17) is 21.1 Å². The molecule has 6 heteroatoms. The molecule has 5 nitrogen and oxygen atoms in total. The van der Waals surface area contributed by atoms with E-state index in [-0.39, 0.29) is 5.97 Å². The summed E-state index contributed by atoms with van der Waals surface area (Å²) in [7, 11) is 0. The molecule has 1 aliphatic heterocycles. The Bertz CT molecular complexity index is 1290. The lowest BCUT2D eigenvalue weighted by atomic mass is 10.0. The van der Waals surface area contributed by atoms with Crippen molar-refractivity contribution in [1.29, 1.82) is 0 Å². The number of carbonyl (C=O) groups is 1. The van der Waals surface area contributed by atoms with Crippen LogP contribution in [0.3, 0.4) is 0 Å². The Morgan fingerprint density at radius 2 is 1.87 bits per heavy atom. The Morgan fingerprint density at radius 1 is 1.13 bits per heavy atom. The summed E-state index contributed by atoms with van der Waals surface area (Å²) in [6, 6.07) is 14.3. The molecular formula is C24H23ClN2O3. The molecule has 0 N–H and O–H groups in total. The molecule has 5 rings (SSSR count). The topological polar surface area (TPSA) is 43.2 Å². The number of anilines is 1. The van der Waals surface area contributed by atoms with Crippen molar-refractivity contribution in [1.82, 2.24) is 4.40 Å². The molecule has 1 aliphatic rings. The number of ether oxygens (including phenoxy) is 2. The standard InChI is InChI=1S/C24H23ClN2O3/c1-3-30-24(28)18-14-21-16-6-4-5-7-17(16)22-20(26-10-12-29-13-11-26)9-8-19(25)23(22)27(21)15(18)2/h4-9,14H,3,10-13H2,1-2H3. The lowest BCUT2D eigenvalue weighted by molar-refractivity contribution is 0.0525. The van der Waals surface area contributed by atoms with Gasteiger partial charge in [0.15, 0.2) is 0 Å². The molecule has 0 atom stereocenters. The van der Waals surface area contributed by atoms with Gasteiger partial charge in [-0.25, -0.2) is 4.79 Å². The molecule has 30 heavy (non-hydrogen) atoms. The number of morpholine rings is 1. The van der Waals surface area contributed by atoms with Crippen molar-refractivity contribution < 1.29 is 14.3 Å². The number of benzene rings is 2. The molecule has 154 valence electrons. The summed E-state index contributed by atoms with van der Waals surface area (Å²) in [5.41, 5.74) is 4.42. The Balaban J connectivity index is 1.94. The number of aryl methyl sites for hydroxylation is 1. The van der Waals surface area contributed by atoms with Crippen molar-refractivity contribution in [2.24, 2.45) is 0 Å². The van der Waals surface area contributed by atoms with E-state index in [1.807, 2.05) is 38.1 Å². The van der Waals surface area contributed by atoms with Crippen LogP contribution in [0.5, 0.6) is 0 Å². The van der Waals surface area contributed by atoms with Gasteiger partial charge in [0.25, 0.3) is 0 Å². The second-order valence-corrected chi connectivity index (χ2v) is 7.93. The number of rotatable bonds is 3. The summed E-state index contributed by atoms with van der Waals surface area (Å²) in [5, 5.41) is 3.96. The van der Waals surface area contributed by atoms with Gasteiger partial charge in [-0.1, -0.05) is 35.9 Å². The van der Waals surface area contributed by atoms with Crippen LogP contribution < -0.4 is 4.90 Å². The third kappa shape index (κ3) is 2.84. The first kappa shape index (κ1) is 19.2. The summed E-state index contributed by atoms with van der Waals surface area (Å²) < 4.78 is 13.0. The van der Waals surface area contributed by atoms with E-state index in [1.54, 1.807) is 0 Å². The van der Waals surface area contributed by atoms with Crippen LogP contribution in [0.15, 0.2) is 42.5 Å². The molecule has 0 aliphatic carbocycles. The average Bonchev–Trinajstić information content (AvgIpc) is 3.12. The second kappa shape index (κ2) is 7.49. The third-order valence-corrected chi connectivity index (χ3v) is 6.20. The predicted molar refractivity (Wildman–Crippen MR) is 121 cm³/mol. The van der Waals surface area contributed by atoms with Crippen LogP contribution in [0, 0.1) is 6.92 Å². The number of esters is 1. The first-order valence-corrected chi connectivity index (χ1v) is 10.6. The second-order valence-electron chi connectivity index (χ2n) is 7.52. The van der Waals surface area contributed by atoms with Crippen LogP contribution in [-0.2, 0) is 9.47 Å². The summed E-state index contributed by atoms with van der Waals surface area (Å²) in [6.45, 7) is 7.20. The number of nitrogens with zero attached hydrogens (tertiary/aromatic N) is 2. The summed E-state index contributed by atoms with van der Waals surface area (Å²) in [4.78, 5) is 15.0. The van der Waals surface area contributed by atoms with E-state index < -0.39 is 0 Å². The van der Waals surface area contributed by atoms with Crippen molar-refractivity contribution in [3.63, 3.8) is 0 Å². The van der Waals surface area contributed by atoms with Crippen LogP contribution in [0.4, 0.5) is 5.69 Å². The Hall–Kier alpha value is -2.76. The van der Waals surface area contributed by atoms with E-state index in [1.165, 1.54) is 0 Å². The monoisotopic (exact) mass is 422 g/mol. The lowest BCUT2D eigenvalue weighted by Crippen LogP contribution is -2.36. The van der Waals surface area contributed by atoms with Gasteiger partial charge < -0.3 is 18.8 Å². The minimum Gasteiger partial charge on any atom is -0.462 e. The van der Waals surface area contributed by atoms with Crippen molar-refractivity contribution in [3.05, 3.63) is 58.7 Å². The number of pyridine rings is 1. The predicted octanol–water partition coefficient (Wildman–Crippen LogP) is 5.22. The smallest absolute Gasteiger partial charge is 0.339 e. The molecule has 0 saturated carbocycles. The van der Waals surface area contributed by atoms with Gasteiger partial charge in [0.1, 0.15) is 0 Å². The highest BCUT2D eigenvalue weighted by Gasteiger charge is 2.23. The summed E-state index contributed by atoms with van der Waals surface area (Å²) in [5.74, 6) is -0.309. The van der Waals surface area contributed by atoms with Gasteiger partial charge in [0.05, 0.1) is 41.4 Å². The van der Waals surface area contributed by atoms with Crippen LogP contribution in [0.2, 0.25) is 5.02 Å². The van der Waals surface area contributed by atoms with Crippen molar-refractivity contribution in [3.8, 4) is 0 Å². The van der Waals surface area contributed by atoms with Crippen LogP contribution in [-0.4, -0.2) is 43.3 Å². The SMILES string of the molecule is CCOC(=O)c1cc2c3ccccc3c3c(N4CCOCC4)ccc(Cl)c3n2c1C. The minimum absolute atomic E-state index is 0.309. The van der Waals surface area contributed by atoms with Gasteiger partial charge in [0, 0.05) is 35.2 Å². The molecule has 0 amide bonds. The Labute approximate surface area is 179 Å². The highest BCUT2D eigenvalue weighted by atomic mass is 35.5. The van der Waals surface area contributed by atoms with Crippen molar-refractivity contribution in [2.45, 2.75) is 13.8 Å². The zero-order valence-electron chi connectivity index (χ0n) is 17.1.